The van der Waals surface area contributed by atoms with E-state index in [9.17, 15) is 5.11 Å². The van der Waals surface area contributed by atoms with Crippen LogP contribution in [0.4, 0.5) is 0 Å². The summed E-state index contributed by atoms with van der Waals surface area (Å²) in [5.41, 5.74) is 1.65. The van der Waals surface area contributed by atoms with Crippen LogP contribution in [-0.2, 0) is 4.74 Å². The van der Waals surface area contributed by atoms with Crippen LogP contribution in [-0.4, -0.2) is 18.3 Å². The quantitative estimate of drug-likeness (QED) is 0.708. The van der Waals surface area contributed by atoms with Crippen molar-refractivity contribution in [1.29, 1.82) is 0 Å². The Kier molecular flexibility index (Phi) is 1.91. The largest absolute Gasteiger partial charge is 0.501 e. The van der Waals surface area contributed by atoms with Crippen molar-refractivity contribution in [2.45, 2.75) is 33.1 Å². The molecule has 1 aliphatic heterocycles. The van der Waals surface area contributed by atoms with Gasteiger partial charge < -0.3 is 9.84 Å². The second kappa shape index (κ2) is 2.74. The summed E-state index contributed by atoms with van der Waals surface area (Å²) in [6.07, 6.45) is 5.19. The molecule has 2 nitrogen and oxygen atoms in total. The highest BCUT2D eigenvalue weighted by Crippen LogP contribution is 2.68. The van der Waals surface area contributed by atoms with Gasteiger partial charge in [-0.25, -0.2) is 0 Å². The van der Waals surface area contributed by atoms with Crippen molar-refractivity contribution in [3.63, 3.8) is 0 Å². The number of hydrogen-bond acceptors (Lipinski definition) is 2. The number of hydrogen-bond donors (Lipinski definition) is 1. The van der Waals surface area contributed by atoms with E-state index in [2.05, 4.69) is 13.8 Å². The number of aliphatic hydroxyl groups is 1. The van der Waals surface area contributed by atoms with Gasteiger partial charge in [0.05, 0.1) is 19.5 Å². The standard InChI is InChI=1S/C11H18O2/c1-10(2)7-11(10,8-12)9-4-3-5-13-6-9/h6,12H,3-5,7-8H2,1-2H3. The summed E-state index contributed by atoms with van der Waals surface area (Å²) in [7, 11) is 0. The third-order valence-corrected chi connectivity index (χ3v) is 3.73. The molecule has 0 amide bonds. The molecule has 2 heteroatoms. The van der Waals surface area contributed by atoms with Gasteiger partial charge in [-0.2, -0.15) is 0 Å². The molecule has 1 saturated carbocycles. The van der Waals surface area contributed by atoms with E-state index in [0.717, 1.165) is 25.9 Å². The molecule has 1 heterocycles. The Labute approximate surface area is 79.6 Å². The molecular weight excluding hydrogens is 164 g/mol. The minimum atomic E-state index is 0.0490. The fourth-order valence-electron chi connectivity index (χ4n) is 2.55. The minimum Gasteiger partial charge on any atom is -0.501 e. The number of aliphatic hydroxyl groups excluding tert-OH is 1. The number of rotatable bonds is 2. The van der Waals surface area contributed by atoms with E-state index in [1.807, 2.05) is 6.26 Å². The van der Waals surface area contributed by atoms with Crippen molar-refractivity contribution in [2.75, 3.05) is 13.2 Å². The zero-order valence-corrected chi connectivity index (χ0v) is 8.47. The molecule has 0 radical (unpaired) electrons. The molecular formula is C11H18O2. The summed E-state index contributed by atoms with van der Waals surface area (Å²) in [6, 6.07) is 0. The second-order valence-electron chi connectivity index (χ2n) is 4.92. The van der Waals surface area contributed by atoms with E-state index in [4.69, 9.17) is 4.74 Å². The number of ether oxygens (including phenoxy) is 1. The Balaban J connectivity index is 2.19. The van der Waals surface area contributed by atoms with Crippen LogP contribution < -0.4 is 0 Å². The van der Waals surface area contributed by atoms with Crippen molar-refractivity contribution in [3.8, 4) is 0 Å². The van der Waals surface area contributed by atoms with Crippen LogP contribution in [0.3, 0.4) is 0 Å². The molecule has 2 rings (SSSR count). The topological polar surface area (TPSA) is 29.5 Å². The fourth-order valence-corrected chi connectivity index (χ4v) is 2.55. The smallest absolute Gasteiger partial charge is 0.0876 e. The maximum Gasteiger partial charge on any atom is 0.0876 e. The second-order valence-corrected chi connectivity index (χ2v) is 4.92. The molecule has 0 bridgehead atoms. The summed E-state index contributed by atoms with van der Waals surface area (Å²) in [6.45, 7) is 5.55. The third kappa shape index (κ3) is 1.19. The van der Waals surface area contributed by atoms with Crippen molar-refractivity contribution in [1.82, 2.24) is 0 Å². The maximum absolute atomic E-state index is 9.45. The average Bonchev–Trinajstić information content (AvgIpc) is 2.72. The maximum atomic E-state index is 9.45. The van der Waals surface area contributed by atoms with E-state index >= 15 is 0 Å². The van der Waals surface area contributed by atoms with Crippen LogP contribution in [0.1, 0.15) is 33.1 Å². The van der Waals surface area contributed by atoms with Crippen LogP contribution in [0.5, 0.6) is 0 Å². The molecule has 0 aromatic heterocycles. The average molecular weight is 182 g/mol. The van der Waals surface area contributed by atoms with Gasteiger partial charge in [-0.1, -0.05) is 13.8 Å². The molecule has 1 atom stereocenters. The van der Waals surface area contributed by atoms with Gasteiger partial charge in [0.15, 0.2) is 0 Å². The third-order valence-electron chi connectivity index (χ3n) is 3.73. The molecule has 2 aliphatic rings. The monoisotopic (exact) mass is 182 g/mol. The first-order chi connectivity index (χ1) is 6.12. The predicted octanol–water partition coefficient (Wildman–Crippen LogP) is 2.09. The predicted molar refractivity (Wildman–Crippen MR) is 51.2 cm³/mol. The van der Waals surface area contributed by atoms with Crippen LogP contribution in [0.2, 0.25) is 0 Å². The SMILES string of the molecule is CC1(C)CC1(CO)C1=COCCC1. The van der Waals surface area contributed by atoms with Gasteiger partial charge in [-0.15, -0.1) is 0 Å². The van der Waals surface area contributed by atoms with Crippen molar-refractivity contribution in [3.05, 3.63) is 11.8 Å². The van der Waals surface area contributed by atoms with Crippen molar-refractivity contribution >= 4 is 0 Å². The molecule has 0 aromatic carbocycles. The molecule has 0 spiro atoms. The first kappa shape index (κ1) is 9.07. The Morgan fingerprint density at radius 2 is 2.23 bits per heavy atom. The van der Waals surface area contributed by atoms with Gasteiger partial charge in [0.1, 0.15) is 0 Å². The highest BCUT2D eigenvalue weighted by Gasteiger charge is 2.62. The molecule has 0 saturated heterocycles. The van der Waals surface area contributed by atoms with Crippen LogP contribution in [0.15, 0.2) is 11.8 Å². The summed E-state index contributed by atoms with van der Waals surface area (Å²) in [4.78, 5) is 0. The van der Waals surface area contributed by atoms with Crippen LogP contribution >= 0.6 is 0 Å². The molecule has 74 valence electrons. The molecule has 0 aromatic rings. The molecule has 1 aliphatic carbocycles. The van der Waals surface area contributed by atoms with Gasteiger partial charge >= 0.3 is 0 Å². The normalized spacial score (nSPS) is 36.4. The van der Waals surface area contributed by atoms with E-state index in [1.165, 1.54) is 5.57 Å². The highest BCUT2D eigenvalue weighted by atomic mass is 16.5. The van der Waals surface area contributed by atoms with Crippen molar-refractivity contribution < 1.29 is 9.84 Å². The lowest BCUT2D eigenvalue weighted by molar-refractivity contribution is 0.172. The summed E-state index contributed by atoms with van der Waals surface area (Å²) in [5, 5.41) is 9.45. The van der Waals surface area contributed by atoms with E-state index in [1.54, 1.807) is 0 Å². The van der Waals surface area contributed by atoms with E-state index in [-0.39, 0.29) is 17.4 Å². The van der Waals surface area contributed by atoms with Crippen LogP contribution in [0.25, 0.3) is 0 Å². The minimum absolute atomic E-state index is 0.0490. The van der Waals surface area contributed by atoms with Gasteiger partial charge in [0, 0.05) is 5.41 Å². The van der Waals surface area contributed by atoms with Gasteiger partial charge in [0.2, 0.25) is 0 Å². The fraction of sp³-hybridized carbons (Fsp3) is 0.818. The molecule has 13 heavy (non-hydrogen) atoms. The summed E-state index contributed by atoms with van der Waals surface area (Å²) >= 11 is 0. The molecule has 1 N–H and O–H groups in total. The summed E-state index contributed by atoms with van der Waals surface area (Å²) in [5.74, 6) is 0. The zero-order chi connectivity index (χ0) is 9.53. The molecule has 1 unspecified atom stereocenters. The van der Waals surface area contributed by atoms with Crippen LogP contribution in [0, 0.1) is 10.8 Å². The van der Waals surface area contributed by atoms with Gasteiger partial charge in [-0.05, 0) is 30.3 Å². The Bertz CT molecular complexity index is 242. The van der Waals surface area contributed by atoms with Gasteiger partial charge in [-0.3, -0.25) is 0 Å². The highest BCUT2D eigenvalue weighted by molar-refractivity contribution is 5.29. The summed E-state index contributed by atoms with van der Waals surface area (Å²) < 4.78 is 5.33. The van der Waals surface area contributed by atoms with E-state index in [0.29, 0.717) is 0 Å². The lowest BCUT2D eigenvalue weighted by Gasteiger charge is -2.24. The Hall–Kier alpha value is -0.500. The van der Waals surface area contributed by atoms with Crippen molar-refractivity contribution in [2.24, 2.45) is 10.8 Å². The lowest BCUT2D eigenvalue weighted by Crippen LogP contribution is -2.19. The lowest BCUT2D eigenvalue weighted by atomic mass is 9.86. The van der Waals surface area contributed by atoms with Gasteiger partial charge in [0.25, 0.3) is 0 Å². The Morgan fingerprint density at radius 1 is 1.54 bits per heavy atom. The Morgan fingerprint density at radius 3 is 2.62 bits per heavy atom. The molecule has 1 fully saturated rings. The van der Waals surface area contributed by atoms with E-state index < -0.39 is 0 Å². The first-order valence-corrected chi connectivity index (χ1v) is 5.04. The zero-order valence-electron chi connectivity index (χ0n) is 8.47. The first-order valence-electron chi connectivity index (χ1n) is 5.04.